The smallest absolute Gasteiger partial charge is 0.288 e. The Morgan fingerprint density at radius 1 is 1.11 bits per heavy atom. The van der Waals surface area contributed by atoms with Crippen molar-refractivity contribution in [2.45, 2.75) is 17.6 Å². The molecule has 138 valence electrons. The third-order valence-corrected chi connectivity index (χ3v) is 4.34. The molecule has 3 rings (SSSR count). The Balaban J connectivity index is 1.90. The van der Waals surface area contributed by atoms with Crippen molar-refractivity contribution in [2.75, 3.05) is 5.32 Å². The predicted molar refractivity (Wildman–Crippen MR) is 101 cm³/mol. The number of aryl methyl sites for hydroxylation is 1. The van der Waals surface area contributed by atoms with Crippen LogP contribution in [0.15, 0.2) is 70.4 Å². The van der Waals surface area contributed by atoms with Crippen molar-refractivity contribution in [2.24, 2.45) is 0 Å². The largest absolute Gasteiger partial charge is 0.320 e. The number of halogens is 2. The number of para-hydroxylation sites is 1. The van der Waals surface area contributed by atoms with Crippen LogP contribution in [0.3, 0.4) is 0 Å². The van der Waals surface area contributed by atoms with E-state index in [0.29, 0.717) is 33.7 Å². The molecule has 8 heteroatoms. The highest BCUT2D eigenvalue weighted by Gasteiger charge is 2.16. The summed E-state index contributed by atoms with van der Waals surface area (Å²) in [5, 5.41) is 6.71. The van der Waals surface area contributed by atoms with E-state index in [2.05, 4.69) is 10.4 Å². The summed E-state index contributed by atoms with van der Waals surface area (Å²) in [5.74, 6) is -3.27. The van der Waals surface area contributed by atoms with Gasteiger partial charge < -0.3 is 5.32 Å². The zero-order valence-electron chi connectivity index (χ0n) is 14.2. The average molecular weight is 387 g/mol. The molecule has 0 unspecified atom stereocenters. The first kappa shape index (κ1) is 18.8. The lowest BCUT2D eigenvalue weighted by atomic mass is 10.2. The van der Waals surface area contributed by atoms with Gasteiger partial charge in [-0.25, -0.2) is 4.68 Å². The zero-order valence-corrected chi connectivity index (χ0v) is 15.0. The van der Waals surface area contributed by atoms with Crippen LogP contribution in [0.5, 0.6) is 0 Å². The fraction of sp³-hybridized carbons (Fsp3) is 0.105. The number of nitrogens with zero attached hydrogens (tertiary/aromatic N) is 2. The molecule has 3 aromatic rings. The summed E-state index contributed by atoms with van der Waals surface area (Å²) in [6.45, 7) is 1.72. The fourth-order valence-corrected chi connectivity index (χ4v) is 3.03. The monoisotopic (exact) mass is 387 g/mol. The molecule has 1 N–H and O–H groups in total. The normalized spacial score (nSPS) is 10.8. The first-order valence-corrected chi connectivity index (χ1v) is 8.84. The van der Waals surface area contributed by atoms with Gasteiger partial charge in [0.05, 0.1) is 5.69 Å². The van der Waals surface area contributed by atoms with Crippen molar-refractivity contribution in [1.29, 1.82) is 0 Å². The Labute approximate surface area is 158 Å². The molecule has 27 heavy (non-hydrogen) atoms. The number of nitrogens with one attached hydrogen (secondary N) is 1. The first-order valence-electron chi connectivity index (χ1n) is 7.96. The van der Waals surface area contributed by atoms with Gasteiger partial charge in [-0.2, -0.15) is 13.9 Å². The van der Waals surface area contributed by atoms with Gasteiger partial charge in [0.1, 0.15) is 0 Å². The van der Waals surface area contributed by atoms with Crippen molar-refractivity contribution in [3.63, 3.8) is 0 Å². The molecule has 2 aromatic carbocycles. The number of hydrogen-bond acceptors (Lipinski definition) is 4. The minimum atomic E-state index is -2.56. The molecule has 0 bridgehead atoms. The van der Waals surface area contributed by atoms with E-state index >= 15 is 0 Å². The number of benzene rings is 2. The maximum atomic E-state index is 12.5. The van der Waals surface area contributed by atoms with Gasteiger partial charge in [-0.3, -0.25) is 9.59 Å². The molecule has 1 aromatic heterocycles. The molecule has 5 nitrogen and oxygen atoms in total. The van der Waals surface area contributed by atoms with Gasteiger partial charge in [0.2, 0.25) is 5.43 Å². The summed E-state index contributed by atoms with van der Waals surface area (Å²) in [5.41, 5.74) is 0.794. The minimum Gasteiger partial charge on any atom is -0.320 e. The summed E-state index contributed by atoms with van der Waals surface area (Å²) in [6, 6.07) is 16.5. The number of alkyl halides is 2. The number of aromatic nitrogens is 2. The Morgan fingerprint density at radius 3 is 2.56 bits per heavy atom. The van der Waals surface area contributed by atoms with E-state index < -0.39 is 17.1 Å². The van der Waals surface area contributed by atoms with Crippen LogP contribution in [0.2, 0.25) is 0 Å². The Kier molecular flexibility index (Phi) is 5.66. The van der Waals surface area contributed by atoms with Crippen molar-refractivity contribution < 1.29 is 13.6 Å². The summed E-state index contributed by atoms with van der Waals surface area (Å²) in [7, 11) is 0. The summed E-state index contributed by atoms with van der Waals surface area (Å²) in [4.78, 5) is 25.1. The number of amides is 1. The zero-order chi connectivity index (χ0) is 19.4. The number of anilines is 1. The predicted octanol–water partition coefficient (Wildman–Crippen LogP) is 4.11. The quantitative estimate of drug-likeness (QED) is 0.670. The standard InChI is InChI=1S/C19H15F2N3O2S/c1-12-10-16(25)17(23-24(12)14-7-3-2-4-8-14)18(26)22-13-6-5-9-15(11-13)27-19(20)21/h2-11,19H,1H3,(H,22,26). The van der Waals surface area contributed by atoms with Crippen molar-refractivity contribution in [3.8, 4) is 5.69 Å². The molecular weight excluding hydrogens is 372 g/mol. The fourth-order valence-electron chi connectivity index (χ4n) is 2.48. The van der Waals surface area contributed by atoms with Gasteiger partial charge in [0, 0.05) is 22.3 Å². The Bertz CT molecular complexity index is 1020. The molecule has 0 spiro atoms. The lowest BCUT2D eigenvalue weighted by molar-refractivity contribution is 0.101. The van der Waals surface area contributed by atoms with Crippen molar-refractivity contribution in [1.82, 2.24) is 9.78 Å². The topological polar surface area (TPSA) is 64.0 Å². The van der Waals surface area contributed by atoms with Crippen LogP contribution in [0.1, 0.15) is 16.2 Å². The van der Waals surface area contributed by atoms with E-state index in [0.717, 1.165) is 0 Å². The van der Waals surface area contributed by atoms with E-state index in [1.165, 1.54) is 22.9 Å². The van der Waals surface area contributed by atoms with E-state index in [4.69, 9.17) is 0 Å². The lowest BCUT2D eigenvalue weighted by Gasteiger charge is -2.11. The van der Waals surface area contributed by atoms with Gasteiger partial charge in [0.25, 0.3) is 11.7 Å². The average Bonchev–Trinajstić information content (AvgIpc) is 2.62. The first-order chi connectivity index (χ1) is 12.9. The SMILES string of the molecule is Cc1cc(=O)c(C(=O)Nc2cccc(SC(F)F)c2)nn1-c1ccccc1. The number of hydrogen-bond donors (Lipinski definition) is 1. The minimum absolute atomic E-state index is 0.281. The third kappa shape index (κ3) is 4.59. The second kappa shape index (κ2) is 8.13. The van der Waals surface area contributed by atoms with Crippen LogP contribution in [0.25, 0.3) is 5.69 Å². The molecule has 0 saturated heterocycles. The van der Waals surface area contributed by atoms with Crippen molar-refractivity contribution in [3.05, 3.63) is 82.3 Å². The molecule has 0 radical (unpaired) electrons. The van der Waals surface area contributed by atoms with Crippen LogP contribution in [-0.4, -0.2) is 21.4 Å². The number of carbonyl (C=O) groups excluding carboxylic acids is 1. The number of carbonyl (C=O) groups is 1. The maximum absolute atomic E-state index is 12.5. The summed E-state index contributed by atoms with van der Waals surface area (Å²) >= 11 is 0.374. The van der Waals surface area contributed by atoms with E-state index in [1.807, 2.05) is 18.2 Å². The van der Waals surface area contributed by atoms with Gasteiger partial charge in [-0.05, 0) is 37.3 Å². The molecule has 0 fully saturated rings. The van der Waals surface area contributed by atoms with Gasteiger partial charge in [0.15, 0.2) is 5.69 Å². The lowest BCUT2D eigenvalue weighted by Crippen LogP contribution is -2.26. The van der Waals surface area contributed by atoms with E-state index in [9.17, 15) is 18.4 Å². The Morgan fingerprint density at radius 2 is 1.85 bits per heavy atom. The van der Waals surface area contributed by atoms with Crippen molar-refractivity contribution >= 4 is 23.4 Å². The molecule has 0 aliphatic carbocycles. The molecular formula is C19H15F2N3O2S. The molecule has 1 amide bonds. The second-order valence-corrected chi connectivity index (χ2v) is 6.67. The maximum Gasteiger partial charge on any atom is 0.288 e. The number of thioether (sulfide) groups is 1. The number of rotatable bonds is 5. The molecule has 0 saturated carbocycles. The van der Waals surface area contributed by atoms with Crippen LogP contribution in [0, 0.1) is 6.92 Å². The van der Waals surface area contributed by atoms with E-state index in [1.54, 1.807) is 31.2 Å². The van der Waals surface area contributed by atoms with Gasteiger partial charge >= 0.3 is 0 Å². The molecule has 1 heterocycles. The molecule has 0 aliphatic rings. The highest BCUT2D eigenvalue weighted by Crippen LogP contribution is 2.27. The third-order valence-electron chi connectivity index (χ3n) is 3.64. The molecule has 0 atom stereocenters. The second-order valence-electron chi connectivity index (χ2n) is 5.61. The highest BCUT2D eigenvalue weighted by molar-refractivity contribution is 7.99. The Hall–Kier alpha value is -3.00. The highest BCUT2D eigenvalue weighted by atomic mass is 32.2. The van der Waals surface area contributed by atoms with Crippen LogP contribution < -0.4 is 10.7 Å². The van der Waals surface area contributed by atoms with Crippen LogP contribution in [-0.2, 0) is 0 Å². The summed E-state index contributed by atoms with van der Waals surface area (Å²) in [6.07, 6.45) is 0. The van der Waals surface area contributed by atoms with Gasteiger partial charge in [-0.15, -0.1) is 0 Å². The molecule has 0 aliphatic heterocycles. The van der Waals surface area contributed by atoms with Crippen LogP contribution in [0.4, 0.5) is 14.5 Å². The van der Waals surface area contributed by atoms with Crippen LogP contribution >= 0.6 is 11.8 Å². The summed E-state index contributed by atoms with van der Waals surface area (Å²) < 4.78 is 26.5. The van der Waals surface area contributed by atoms with E-state index in [-0.39, 0.29) is 5.69 Å². The van der Waals surface area contributed by atoms with Gasteiger partial charge in [-0.1, -0.05) is 36.0 Å².